The van der Waals surface area contributed by atoms with Gasteiger partial charge in [0.2, 0.25) is 0 Å². The zero-order valence-corrected chi connectivity index (χ0v) is 11.6. The van der Waals surface area contributed by atoms with Crippen molar-refractivity contribution in [1.29, 1.82) is 5.26 Å². The summed E-state index contributed by atoms with van der Waals surface area (Å²) < 4.78 is 4.93. The fourth-order valence-electron chi connectivity index (χ4n) is 2.38. The van der Waals surface area contributed by atoms with E-state index < -0.39 is 24.0 Å². The maximum absolute atomic E-state index is 11.8. The smallest absolute Gasteiger partial charge is 0.338 e. The van der Waals surface area contributed by atoms with Crippen molar-refractivity contribution in [2.75, 3.05) is 12.3 Å². The molecular weight excluding hydrogens is 270 g/mol. The van der Waals surface area contributed by atoms with E-state index >= 15 is 0 Å². The minimum atomic E-state index is -0.801. The molecule has 0 saturated heterocycles. The third-order valence-corrected chi connectivity index (χ3v) is 3.53. The van der Waals surface area contributed by atoms with Crippen LogP contribution >= 0.6 is 0 Å². The molecule has 1 aromatic carbocycles. The highest BCUT2D eigenvalue weighted by Gasteiger charge is 2.35. The van der Waals surface area contributed by atoms with E-state index in [2.05, 4.69) is 11.4 Å². The number of amides is 1. The Kier molecular flexibility index (Phi) is 4.43. The van der Waals surface area contributed by atoms with Crippen molar-refractivity contribution in [1.82, 2.24) is 5.32 Å². The van der Waals surface area contributed by atoms with Gasteiger partial charge >= 0.3 is 5.97 Å². The van der Waals surface area contributed by atoms with E-state index in [4.69, 9.17) is 15.7 Å². The van der Waals surface area contributed by atoms with Gasteiger partial charge in [-0.05, 0) is 49.9 Å². The van der Waals surface area contributed by atoms with Gasteiger partial charge in [0.1, 0.15) is 5.54 Å². The summed E-state index contributed by atoms with van der Waals surface area (Å²) in [6.07, 6.45) is 3.11. The Balaban J connectivity index is 1.85. The standard InChI is InChI=1S/C15H17N3O3/c16-10-15(7-1-2-8-15)18-13(19)9-21-14(20)11-3-5-12(17)6-4-11/h3-6H,1-2,7-9,17H2,(H,18,19). The van der Waals surface area contributed by atoms with Crippen LogP contribution < -0.4 is 11.1 Å². The first kappa shape index (κ1) is 14.9. The highest BCUT2D eigenvalue weighted by Crippen LogP contribution is 2.28. The summed E-state index contributed by atoms with van der Waals surface area (Å²) in [7, 11) is 0. The number of rotatable bonds is 4. The largest absolute Gasteiger partial charge is 0.452 e. The van der Waals surface area contributed by atoms with Gasteiger partial charge in [-0.25, -0.2) is 4.79 Å². The molecule has 1 fully saturated rings. The molecule has 6 nitrogen and oxygen atoms in total. The SMILES string of the molecule is N#CC1(NC(=O)COC(=O)c2ccc(N)cc2)CCCC1. The lowest BCUT2D eigenvalue weighted by atomic mass is 10.00. The number of hydrogen-bond acceptors (Lipinski definition) is 5. The number of nitriles is 1. The number of nitrogens with two attached hydrogens (primary N) is 1. The van der Waals surface area contributed by atoms with Crippen molar-refractivity contribution in [3.63, 3.8) is 0 Å². The van der Waals surface area contributed by atoms with Gasteiger partial charge in [0.05, 0.1) is 11.6 Å². The molecule has 0 atom stereocenters. The molecule has 110 valence electrons. The van der Waals surface area contributed by atoms with Gasteiger partial charge in [-0.1, -0.05) is 0 Å². The molecule has 1 saturated carbocycles. The molecule has 0 aliphatic heterocycles. The van der Waals surface area contributed by atoms with Gasteiger partial charge in [0, 0.05) is 5.69 Å². The number of nitrogen functional groups attached to an aromatic ring is 1. The summed E-state index contributed by atoms with van der Waals surface area (Å²) in [6, 6.07) is 8.38. The van der Waals surface area contributed by atoms with Crippen LogP contribution in [0.4, 0.5) is 5.69 Å². The van der Waals surface area contributed by atoms with E-state index in [1.165, 1.54) is 12.1 Å². The summed E-state index contributed by atoms with van der Waals surface area (Å²) in [4.78, 5) is 23.5. The molecule has 0 spiro atoms. The average Bonchev–Trinajstić information content (AvgIpc) is 2.94. The first-order chi connectivity index (χ1) is 10.0. The van der Waals surface area contributed by atoms with Crippen LogP contribution in [0.1, 0.15) is 36.0 Å². The molecule has 3 N–H and O–H groups in total. The molecule has 0 heterocycles. The Morgan fingerprint density at radius 2 is 1.90 bits per heavy atom. The number of nitrogens with zero attached hydrogens (tertiary/aromatic N) is 1. The molecule has 2 rings (SSSR count). The van der Waals surface area contributed by atoms with E-state index in [0.29, 0.717) is 24.1 Å². The van der Waals surface area contributed by atoms with E-state index in [-0.39, 0.29) is 0 Å². The fourth-order valence-corrected chi connectivity index (χ4v) is 2.38. The predicted molar refractivity (Wildman–Crippen MR) is 76.1 cm³/mol. The molecular formula is C15H17N3O3. The number of ether oxygens (including phenoxy) is 1. The molecule has 1 amide bonds. The first-order valence-electron chi connectivity index (χ1n) is 6.80. The maximum atomic E-state index is 11.8. The van der Waals surface area contributed by atoms with Crippen molar-refractivity contribution >= 4 is 17.6 Å². The normalized spacial score (nSPS) is 16.0. The highest BCUT2D eigenvalue weighted by molar-refractivity contribution is 5.91. The Morgan fingerprint density at radius 3 is 2.48 bits per heavy atom. The summed E-state index contributed by atoms with van der Waals surface area (Å²) in [6.45, 7) is -0.396. The zero-order valence-electron chi connectivity index (χ0n) is 11.6. The topological polar surface area (TPSA) is 105 Å². The summed E-state index contributed by atoms with van der Waals surface area (Å²) in [5, 5.41) is 11.8. The Labute approximate surface area is 122 Å². The lowest BCUT2D eigenvalue weighted by molar-refractivity contribution is -0.125. The van der Waals surface area contributed by atoms with Gasteiger partial charge in [0.15, 0.2) is 6.61 Å². The van der Waals surface area contributed by atoms with Crippen molar-refractivity contribution in [2.45, 2.75) is 31.2 Å². The van der Waals surface area contributed by atoms with Gasteiger partial charge in [-0.15, -0.1) is 0 Å². The number of benzene rings is 1. The quantitative estimate of drug-likeness (QED) is 0.643. The Bertz CT molecular complexity index is 569. The molecule has 1 aromatic rings. The highest BCUT2D eigenvalue weighted by atomic mass is 16.5. The van der Waals surface area contributed by atoms with Crippen molar-refractivity contribution < 1.29 is 14.3 Å². The van der Waals surface area contributed by atoms with Crippen LogP contribution in [0.25, 0.3) is 0 Å². The summed E-state index contributed by atoms with van der Waals surface area (Å²) in [5.41, 5.74) is 5.59. The third-order valence-electron chi connectivity index (χ3n) is 3.53. The minimum Gasteiger partial charge on any atom is -0.452 e. The third kappa shape index (κ3) is 3.72. The Morgan fingerprint density at radius 1 is 1.29 bits per heavy atom. The van der Waals surface area contributed by atoms with Crippen LogP contribution in [0, 0.1) is 11.3 Å². The van der Waals surface area contributed by atoms with Crippen LogP contribution in [0.5, 0.6) is 0 Å². The van der Waals surface area contributed by atoms with E-state index in [1.807, 2.05) is 0 Å². The van der Waals surface area contributed by atoms with Crippen LogP contribution in [0.2, 0.25) is 0 Å². The van der Waals surface area contributed by atoms with Crippen molar-refractivity contribution in [3.05, 3.63) is 29.8 Å². The van der Waals surface area contributed by atoms with E-state index in [9.17, 15) is 9.59 Å². The number of carbonyl (C=O) groups excluding carboxylic acids is 2. The lowest BCUT2D eigenvalue weighted by Gasteiger charge is -2.21. The van der Waals surface area contributed by atoms with E-state index in [1.54, 1.807) is 12.1 Å². The van der Waals surface area contributed by atoms with Gasteiger partial charge in [0.25, 0.3) is 5.91 Å². The average molecular weight is 287 g/mol. The number of carbonyl (C=O) groups is 2. The molecule has 21 heavy (non-hydrogen) atoms. The predicted octanol–water partition coefficient (Wildman–Crippen LogP) is 1.38. The number of anilines is 1. The molecule has 0 bridgehead atoms. The number of esters is 1. The zero-order chi connectivity index (χ0) is 15.3. The van der Waals surface area contributed by atoms with E-state index in [0.717, 1.165) is 12.8 Å². The van der Waals surface area contributed by atoms with Gasteiger partial charge in [-0.2, -0.15) is 5.26 Å². The first-order valence-corrected chi connectivity index (χ1v) is 6.80. The number of nitrogens with one attached hydrogen (secondary N) is 1. The molecule has 6 heteroatoms. The molecule has 1 aliphatic carbocycles. The summed E-state index contributed by atoms with van der Waals surface area (Å²) >= 11 is 0. The molecule has 1 aliphatic rings. The van der Waals surface area contributed by atoms with Crippen molar-refractivity contribution in [2.24, 2.45) is 0 Å². The Hall–Kier alpha value is -2.55. The van der Waals surface area contributed by atoms with Gasteiger partial charge < -0.3 is 15.8 Å². The monoisotopic (exact) mass is 287 g/mol. The molecule has 0 aromatic heterocycles. The lowest BCUT2D eigenvalue weighted by Crippen LogP contribution is -2.46. The fraction of sp³-hybridized carbons (Fsp3) is 0.400. The second kappa shape index (κ2) is 6.27. The van der Waals surface area contributed by atoms with Crippen LogP contribution in [-0.2, 0) is 9.53 Å². The molecule has 0 unspecified atom stereocenters. The van der Waals surface area contributed by atoms with Crippen LogP contribution in [-0.4, -0.2) is 24.0 Å². The van der Waals surface area contributed by atoms with Crippen LogP contribution in [0.15, 0.2) is 24.3 Å². The molecule has 0 radical (unpaired) electrons. The maximum Gasteiger partial charge on any atom is 0.338 e. The van der Waals surface area contributed by atoms with Crippen molar-refractivity contribution in [3.8, 4) is 6.07 Å². The minimum absolute atomic E-state index is 0.327. The van der Waals surface area contributed by atoms with Gasteiger partial charge in [-0.3, -0.25) is 4.79 Å². The van der Waals surface area contributed by atoms with Crippen LogP contribution in [0.3, 0.4) is 0 Å². The second-order valence-electron chi connectivity index (χ2n) is 5.15. The number of hydrogen-bond donors (Lipinski definition) is 2. The second-order valence-corrected chi connectivity index (χ2v) is 5.15. The summed E-state index contributed by atoms with van der Waals surface area (Å²) in [5.74, 6) is -1.05.